The summed E-state index contributed by atoms with van der Waals surface area (Å²) in [4.78, 5) is 11.2. The van der Waals surface area contributed by atoms with E-state index >= 15 is 0 Å². The lowest BCUT2D eigenvalue weighted by molar-refractivity contribution is -0.142. The summed E-state index contributed by atoms with van der Waals surface area (Å²) in [7, 11) is -2.81. The topological polar surface area (TPSA) is 72.5 Å². The van der Waals surface area contributed by atoms with Gasteiger partial charge in [0.15, 0.2) is 0 Å². The molecule has 0 fully saturated rings. The molecular weight excluding hydrogens is 325 g/mol. The van der Waals surface area contributed by atoms with E-state index in [0.717, 1.165) is 0 Å². The summed E-state index contributed by atoms with van der Waals surface area (Å²) >= 11 is 12.0. The molecule has 20 heavy (non-hydrogen) atoms. The first-order valence-electron chi connectivity index (χ1n) is 5.67. The Kier molecular flexibility index (Phi) is 5.43. The van der Waals surface area contributed by atoms with Crippen LogP contribution in [0.15, 0.2) is 11.0 Å². The normalized spacial score (nSPS) is 13.1. The van der Waals surface area contributed by atoms with Gasteiger partial charge in [-0.1, -0.05) is 23.2 Å². The minimum atomic E-state index is -3.99. The smallest absolute Gasteiger partial charge is 0.323 e. The summed E-state index contributed by atoms with van der Waals surface area (Å²) in [5, 5.41) is 0.370. The van der Waals surface area contributed by atoms with Crippen molar-refractivity contribution in [2.45, 2.75) is 31.7 Å². The van der Waals surface area contributed by atoms with E-state index in [1.54, 1.807) is 19.9 Å². The van der Waals surface area contributed by atoms with Gasteiger partial charge in [0.05, 0.1) is 12.1 Å². The van der Waals surface area contributed by atoms with Crippen LogP contribution in [0.1, 0.15) is 18.1 Å². The van der Waals surface area contributed by atoms with Crippen molar-refractivity contribution in [1.29, 1.82) is 0 Å². The Hall–Kier alpha value is -0.820. The molecule has 0 radical (unpaired) electrons. The molecule has 5 nitrogen and oxygen atoms in total. The van der Waals surface area contributed by atoms with Gasteiger partial charge in [0.1, 0.15) is 10.9 Å². The number of methoxy groups -OCH3 is 1. The van der Waals surface area contributed by atoms with E-state index in [1.807, 2.05) is 0 Å². The van der Waals surface area contributed by atoms with Gasteiger partial charge in [-0.05, 0) is 38.0 Å². The molecular formula is C12H15Cl2NO4S. The van der Waals surface area contributed by atoms with Crippen molar-refractivity contribution in [1.82, 2.24) is 4.72 Å². The number of hydrogen-bond acceptors (Lipinski definition) is 4. The number of carbonyl (C=O) groups is 1. The van der Waals surface area contributed by atoms with Crippen LogP contribution in [-0.2, 0) is 19.6 Å². The molecule has 0 aliphatic rings. The van der Waals surface area contributed by atoms with Crippen LogP contribution in [0.2, 0.25) is 10.0 Å². The van der Waals surface area contributed by atoms with Gasteiger partial charge in [-0.15, -0.1) is 0 Å². The Morgan fingerprint density at radius 3 is 2.40 bits per heavy atom. The Labute approximate surface area is 128 Å². The number of halogens is 2. The van der Waals surface area contributed by atoms with E-state index in [1.165, 1.54) is 14.0 Å². The quantitative estimate of drug-likeness (QED) is 0.855. The van der Waals surface area contributed by atoms with Gasteiger partial charge < -0.3 is 4.74 Å². The molecule has 0 saturated heterocycles. The monoisotopic (exact) mass is 339 g/mol. The third kappa shape index (κ3) is 3.44. The van der Waals surface area contributed by atoms with Crippen LogP contribution in [0.5, 0.6) is 0 Å². The Morgan fingerprint density at radius 1 is 1.35 bits per heavy atom. The molecule has 0 bridgehead atoms. The molecule has 1 aromatic carbocycles. The first-order chi connectivity index (χ1) is 9.11. The van der Waals surface area contributed by atoms with Crippen molar-refractivity contribution in [2.24, 2.45) is 0 Å². The minimum Gasteiger partial charge on any atom is -0.468 e. The van der Waals surface area contributed by atoms with Gasteiger partial charge >= 0.3 is 5.97 Å². The van der Waals surface area contributed by atoms with Crippen LogP contribution in [0, 0.1) is 13.8 Å². The highest BCUT2D eigenvalue weighted by molar-refractivity contribution is 7.89. The van der Waals surface area contributed by atoms with E-state index in [9.17, 15) is 13.2 Å². The molecule has 8 heteroatoms. The molecule has 0 aliphatic heterocycles. The van der Waals surface area contributed by atoms with E-state index in [-0.39, 0.29) is 14.9 Å². The highest BCUT2D eigenvalue weighted by Gasteiger charge is 2.27. The molecule has 1 N–H and O–H groups in total. The molecule has 0 saturated carbocycles. The number of nitrogens with one attached hydrogen (secondary N) is 1. The largest absolute Gasteiger partial charge is 0.468 e. The third-order valence-corrected chi connectivity index (χ3v) is 5.45. The summed E-state index contributed by atoms with van der Waals surface area (Å²) in [5.41, 5.74) is 0.861. The van der Waals surface area contributed by atoms with E-state index in [0.29, 0.717) is 11.1 Å². The van der Waals surface area contributed by atoms with Crippen LogP contribution >= 0.6 is 23.2 Å². The van der Waals surface area contributed by atoms with Crippen molar-refractivity contribution in [3.05, 3.63) is 27.2 Å². The predicted molar refractivity (Wildman–Crippen MR) is 77.7 cm³/mol. The molecule has 112 valence electrons. The highest BCUT2D eigenvalue weighted by atomic mass is 35.5. The maximum atomic E-state index is 12.3. The maximum Gasteiger partial charge on any atom is 0.323 e. The molecule has 0 amide bonds. The number of hydrogen-bond donors (Lipinski definition) is 1. The molecule has 1 aromatic rings. The first-order valence-corrected chi connectivity index (χ1v) is 7.91. The van der Waals surface area contributed by atoms with Gasteiger partial charge in [0.25, 0.3) is 0 Å². The lowest BCUT2D eigenvalue weighted by Gasteiger charge is -2.16. The zero-order chi connectivity index (χ0) is 15.7. The standard InChI is InChI=1S/C12H15Cl2NO4S/c1-6-5-9(13)7(2)11(10(6)14)20(17,18)15-8(3)12(16)19-4/h5,8,15H,1-4H3. The summed E-state index contributed by atoms with van der Waals surface area (Å²) in [5.74, 6) is -0.693. The lowest BCUT2D eigenvalue weighted by Crippen LogP contribution is -2.39. The van der Waals surface area contributed by atoms with Gasteiger partial charge in [0, 0.05) is 5.02 Å². The molecule has 1 atom stereocenters. The molecule has 0 spiro atoms. The maximum absolute atomic E-state index is 12.3. The van der Waals surface area contributed by atoms with Crippen LogP contribution in [0.4, 0.5) is 0 Å². The van der Waals surface area contributed by atoms with Crippen molar-refractivity contribution in [2.75, 3.05) is 7.11 Å². The average Bonchev–Trinajstić information content (AvgIpc) is 2.34. The van der Waals surface area contributed by atoms with E-state index in [4.69, 9.17) is 23.2 Å². The summed E-state index contributed by atoms with van der Waals surface area (Å²) < 4.78 is 31.4. The van der Waals surface area contributed by atoms with Crippen molar-refractivity contribution in [3.8, 4) is 0 Å². The zero-order valence-electron chi connectivity index (χ0n) is 11.5. The van der Waals surface area contributed by atoms with Crippen molar-refractivity contribution >= 4 is 39.2 Å². The second-order valence-electron chi connectivity index (χ2n) is 4.31. The average molecular weight is 340 g/mol. The fraction of sp³-hybridized carbons (Fsp3) is 0.417. The molecule has 1 rings (SSSR count). The number of rotatable bonds is 4. The summed E-state index contributed by atoms with van der Waals surface area (Å²) in [6.07, 6.45) is 0. The SMILES string of the molecule is COC(=O)C(C)NS(=O)(=O)c1c(C)c(Cl)cc(C)c1Cl. The second-order valence-corrected chi connectivity index (χ2v) is 6.75. The van der Waals surface area contributed by atoms with Crippen LogP contribution in [0.3, 0.4) is 0 Å². The van der Waals surface area contributed by atoms with Crippen LogP contribution < -0.4 is 4.72 Å². The number of aryl methyl sites for hydroxylation is 1. The lowest BCUT2D eigenvalue weighted by atomic mass is 10.2. The van der Waals surface area contributed by atoms with Gasteiger partial charge in [0.2, 0.25) is 10.0 Å². The number of ether oxygens (including phenoxy) is 1. The minimum absolute atomic E-state index is 0.0801. The van der Waals surface area contributed by atoms with Gasteiger partial charge in [-0.3, -0.25) is 4.79 Å². The summed E-state index contributed by atoms with van der Waals surface area (Å²) in [6.45, 7) is 4.57. The van der Waals surface area contributed by atoms with Gasteiger partial charge in [-0.2, -0.15) is 4.72 Å². The molecule has 1 unspecified atom stereocenters. The van der Waals surface area contributed by atoms with E-state index in [2.05, 4.69) is 9.46 Å². The van der Waals surface area contributed by atoms with Crippen molar-refractivity contribution < 1.29 is 17.9 Å². The third-order valence-electron chi connectivity index (χ3n) is 2.74. The van der Waals surface area contributed by atoms with Crippen LogP contribution in [0.25, 0.3) is 0 Å². The highest BCUT2D eigenvalue weighted by Crippen LogP contribution is 2.33. The zero-order valence-corrected chi connectivity index (χ0v) is 13.8. The Bertz CT molecular complexity index is 617. The first kappa shape index (κ1) is 17.2. The Balaban J connectivity index is 3.33. The molecule has 0 heterocycles. The van der Waals surface area contributed by atoms with Crippen LogP contribution in [-0.4, -0.2) is 27.5 Å². The number of sulfonamides is 1. The molecule has 0 aliphatic carbocycles. The fourth-order valence-corrected chi connectivity index (χ4v) is 4.05. The fourth-order valence-electron chi connectivity index (χ4n) is 1.65. The number of esters is 1. The van der Waals surface area contributed by atoms with Crippen molar-refractivity contribution in [3.63, 3.8) is 0 Å². The predicted octanol–water partition coefficient (Wildman–Crippen LogP) is 2.45. The Morgan fingerprint density at radius 2 is 1.90 bits per heavy atom. The number of benzene rings is 1. The second kappa shape index (κ2) is 6.30. The molecule has 0 aromatic heterocycles. The summed E-state index contributed by atoms with van der Waals surface area (Å²) in [6, 6.07) is 0.557. The number of carbonyl (C=O) groups excluding carboxylic acids is 1. The van der Waals surface area contributed by atoms with Gasteiger partial charge in [-0.25, -0.2) is 8.42 Å². The van der Waals surface area contributed by atoms with E-state index < -0.39 is 22.0 Å².